The van der Waals surface area contributed by atoms with Gasteiger partial charge in [-0.25, -0.2) is 0 Å². The molecular weight excluding hydrogens is 325 g/mol. The fourth-order valence-electron chi connectivity index (χ4n) is 0.938. The SMILES string of the molecule is [Rh+2].c1ccncc1.c1ccncc1.c1ccncc1. The topological polar surface area (TPSA) is 38.7 Å². The van der Waals surface area contributed by atoms with Crippen molar-refractivity contribution in [1.29, 1.82) is 0 Å². The molecule has 0 saturated carbocycles. The summed E-state index contributed by atoms with van der Waals surface area (Å²) in [7, 11) is 0. The molecule has 0 amide bonds. The van der Waals surface area contributed by atoms with Crippen LogP contribution in [0.25, 0.3) is 0 Å². The summed E-state index contributed by atoms with van der Waals surface area (Å²) in [6.45, 7) is 0. The van der Waals surface area contributed by atoms with Crippen molar-refractivity contribution in [2.45, 2.75) is 0 Å². The third-order valence-electron chi connectivity index (χ3n) is 1.70. The van der Waals surface area contributed by atoms with Gasteiger partial charge in [-0.05, 0) is 36.4 Å². The van der Waals surface area contributed by atoms with Crippen molar-refractivity contribution >= 4 is 0 Å². The van der Waals surface area contributed by atoms with Crippen molar-refractivity contribution in [2.75, 3.05) is 0 Å². The van der Waals surface area contributed by atoms with E-state index in [1.165, 1.54) is 0 Å². The summed E-state index contributed by atoms with van der Waals surface area (Å²) < 4.78 is 0. The molecule has 97 valence electrons. The average Bonchev–Trinajstić information content (AvgIpc) is 2.54. The summed E-state index contributed by atoms with van der Waals surface area (Å²) in [5, 5.41) is 0. The van der Waals surface area contributed by atoms with Crippen LogP contribution in [-0.2, 0) is 19.5 Å². The minimum Gasteiger partial charge on any atom is -0.265 e. The summed E-state index contributed by atoms with van der Waals surface area (Å²) >= 11 is 0. The molecule has 0 bridgehead atoms. The maximum atomic E-state index is 3.78. The molecule has 0 aliphatic carbocycles. The van der Waals surface area contributed by atoms with Gasteiger partial charge in [-0.15, -0.1) is 0 Å². The molecule has 0 spiro atoms. The molecule has 0 N–H and O–H groups in total. The van der Waals surface area contributed by atoms with Crippen molar-refractivity contribution < 1.29 is 19.5 Å². The van der Waals surface area contributed by atoms with E-state index in [4.69, 9.17) is 0 Å². The van der Waals surface area contributed by atoms with Gasteiger partial charge in [0.1, 0.15) is 0 Å². The van der Waals surface area contributed by atoms with Crippen molar-refractivity contribution in [1.82, 2.24) is 15.0 Å². The van der Waals surface area contributed by atoms with Crippen LogP contribution >= 0.6 is 0 Å². The smallest absolute Gasteiger partial charge is 0.265 e. The zero-order valence-electron chi connectivity index (χ0n) is 10.3. The van der Waals surface area contributed by atoms with Crippen LogP contribution in [0, 0.1) is 0 Å². The molecule has 0 aromatic carbocycles. The van der Waals surface area contributed by atoms with Gasteiger partial charge in [-0.1, -0.05) is 18.2 Å². The molecule has 1 radical (unpaired) electrons. The summed E-state index contributed by atoms with van der Waals surface area (Å²) in [5.74, 6) is 0. The van der Waals surface area contributed by atoms with Gasteiger partial charge in [-0.2, -0.15) is 0 Å². The van der Waals surface area contributed by atoms with Crippen molar-refractivity contribution in [3.05, 3.63) is 91.8 Å². The van der Waals surface area contributed by atoms with Crippen molar-refractivity contribution in [3.63, 3.8) is 0 Å². The summed E-state index contributed by atoms with van der Waals surface area (Å²) in [4.78, 5) is 11.4. The molecule has 0 aliphatic heterocycles. The molecule has 4 heteroatoms. The van der Waals surface area contributed by atoms with Gasteiger partial charge in [0.2, 0.25) is 0 Å². The van der Waals surface area contributed by atoms with E-state index in [0.717, 1.165) is 0 Å². The van der Waals surface area contributed by atoms with Crippen molar-refractivity contribution in [2.24, 2.45) is 0 Å². The number of hydrogen-bond acceptors (Lipinski definition) is 3. The molecule has 3 aromatic rings. The Labute approximate surface area is 126 Å². The number of rotatable bonds is 0. The molecule has 0 fully saturated rings. The van der Waals surface area contributed by atoms with Crippen LogP contribution in [0.15, 0.2) is 91.8 Å². The van der Waals surface area contributed by atoms with Crippen LogP contribution < -0.4 is 0 Å². The van der Waals surface area contributed by atoms with Crippen molar-refractivity contribution in [3.8, 4) is 0 Å². The minimum absolute atomic E-state index is 0. The van der Waals surface area contributed by atoms with E-state index in [1.807, 2.05) is 54.6 Å². The Morgan fingerprint density at radius 3 is 0.579 bits per heavy atom. The molecule has 3 aromatic heterocycles. The molecular formula is C15H15N3Rh+2. The molecule has 3 nitrogen and oxygen atoms in total. The Morgan fingerprint density at radius 1 is 0.316 bits per heavy atom. The molecule has 3 heterocycles. The van der Waals surface area contributed by atoms with Gasteiger partial charge in [0, 0.05) is 37.2 Å². The number of nitrogens with zero attached hydrogens (tertiary/aromatic N) is 3. The van der Waals surface area contributed by atoms with E-state index < -0.39 is 0 Å². The third kappa shape index (κ3) is 12.3. The van der Waals surface area contributed by atoms with Gasteiger partial charge < -0.3 is 0 Å². The number of aromatic nitrogens is 3. The largest absolute Gasteiger partial charge is 2.00 e. The number of pyridine rings is 3. The first kappa shape index (κ1) is 17.1. The zero-order valence-corrected chi connectivity index (χ0v) is 12.0. The second kappa shape index (κ2) is 14.1. The number of hydrogen-bond donors (Lipinski definition) is 0. The van der Waals surface area contributed by atoms with Gasteiger partial charge in [0.25, 0.3) is 0 Å². The predicted octanol–water partition coefficient (Wildman–Crippen LogP) is 3.24. The standard InChI is InChI=1S/3C5H5N.Rh/c3*1-2-4-6-5-3-1;/h3*1-5H;/q;;;+2. The van der Waals surface area contributed by atoms with Crippen LogP contribution in [0.3, 0.4) is 0 Å². The molecule has 0 saturated heterocycles. The van der Waals surface area contributed by atoms with Gasteiger partial charge in [0.15, 0.2) is 0 Å². The van der Waals surface area contributed by atoms with Crippen LogP contribution in [0.5, 0.6) is 0 Å². The van der Waals surface area contributed by atoms with Crippen LogP contribution in [0.1, 0.15) is 0 Å². The van der Waals surface area contributed by atoms with E-state index in [-0.39, 0.29) is 19.5 Å². The van der Waals surface area contributed by atoms with Crippen LogP contribution in [0.4, 0.5) is 0 Å². The monoisotopic (exact) mass is 340 g/mol. The summed E-state index contributed by atoms with van der Waals surface area (Å²) in [6, 6.07) is 17.1. The first-order valence-corrected chi connectivity index (χ1v) is 5.55. The first-order valence-electron chi connectivity index (χ1n) is 5.55. The van der Waals surface area contributed by atoms with E-state index in [1.54, 1.807) is 37.2 Å². The van der Waals surface area contributed by atoms with Crippen LogP contribution in [-0.4, -0.2) is 15.0 Å². The second-order valence-electron chi connectivity index (χ2n) is 3.07. The summed E-state index contributed by atoms with van der Waals surface area (Å²) in [6.07, 6.45) is 10.5. The quantitative estimate of drug-likeness (QED) is 0.590. The summed E-state index contributed by atoms with van der Waals surface area (Å²) in [5.41, 5.74) is 0. The molecule has 0 atom stereocenters. The Bertz CT molecular complexity index is 308. The first-order chi connectivity index (χ1) is 9.00. The molecule has 0 aliphatic rings. The van der Waals surface area contributed by atoms with E-state index >= 15 is 0 Å². The Hall–Kier alpha value is -1.93. The maximum Gasteiger partial charge on any atom is 2.00 e. The molecule has 19 heavy (non-hydrogen) atoms. The van der Waals surface area contributed by atoms with Gasteiger partial charge in [-0.3, -0.25) is 15.0 Å². The fraction of sp³-hybridized carbons (Fsp3) is 0. The Morgan fingerprint density at radius 2 is 0.526 bits per heavy atom. The van der Waals surface area contributed by atoms with Gasteiger partial charge in [0.05, 0.1) is 0 Å². The van der Waals surface area contributed by atoms with Gasteiger partial charge >= 0.3 is 19.5 Å². The maximum absolute atomic E-state index is 3.78. The minimum atomic E-state index is 0. The third-order valence-corrected chi connectivity index (χ3v) is 1.70. The fourth-order valence-corrected chi connectivity index (χ4v) is 0.938. The van der Waals surface area contributed by atoms with E-state index in [0.29, 0.717) is 0 Å². The molecule has 0 unspecified atom stereocenters. The van der Waals surface area contributed by atoms with E-state index in [9.17, 15) is 0 Å². The van der Waals surface area contributed by atoms with E-state index in [2.05, 4.69) is 15.0 Å². The zero-order chi connectivity index (χ0) is 12.7. The average molecular weight is 340 g/mol. The molecule has 3 rings (SSSR count). The normalized spacial score (nSPS) is 7.58. The Kier molecular flexibility index (Phi) is 12.7. The Balaban J connectivity index is 0.000000249. The predicted molar refractivity (Wildman–Crippen MR) is 72.7 cm³/mol. The second-order valence-corrected chi connectivity index (χ2v) is 3.07. The van der Waals surface area contributed by atoms with Crippen LogP contribution in [0.2, 0.25) is 0 Å².